The van der Waals surface area contributed by atoms with E-state index in [1.807, 2.05) is 49.8 Å². The van der Waals surface area contributed by atoms with Crippen molar-refractivity contribution in [2.24, 2.45) is 0 Å². The second-order valence-corrected chi connectivity index (χ2v) is 4.49. The molecule has 0 aliphatic heterocycles. The molecule has 19 heavy (non-hydrogen) atoms. The predicted octanol–water partition coefficient (Wildman–Crippen LogP) is 2.61. The molecule has 0 aliphatic carbocycles. The molecule has 0 saturated heterocycles. The summed E-state index contributed by atoms with van der Waals surface area (Å²) in [5.41, 5.74) is 4.44. The average Bonchev–Trinajstić information content (AvgIpc) is 2.68. The molecule has 0 fully saturated rings. The summed E-state index contributed by atoms with van der Waals surface area (Å²) in [4.78, 5) is 0. The fourth-order valence-corrected chi connectivity index (χ4v) is 2.25. The Morgan fingerprint density at radius 1 is 1.26 bits per heavy atom. The lowest BCUT2D eigenvalue weighted by atomic mass is 10.2. The van der Waals surface area contributed by atoms with Gasteiger partial charge in [-0.15, -0.1) is 0 Å². The van der Waals surface area contributed by atoms with Crippen molar-refractivity contribution in [1.82, 2.24) is 15.1 Å². The van der Waals surface area contributed by atoms with Crippen molar-refractivity contribution in [2.45, 2.75) is 27.3 Å². The summed E-state index contributed by atoms with van der Waals surface area (Å²) < 4.78 is 7.64. The number of nitrogens with one attached hydrogen (secondary N) is 1. The molecule has 0 unspecified atom stereocenters. The molecule has 2 aromatic rings. The number of hydrogen-bond donors (Lipinski definition) is 1. The van der Waals surface area contributed by atoms with Crippen LogP contribution in [0.5, 0.6) is 5.75 Å². The Bertz CT molecular complexity index is 561. The van der Waals surface area contributed by atoms with Crippen molar-refractivity contribution in [1.29, 1.82) is 0 Å². The largest absolute Gasteiger partial charge is 0.492 e. The predicted molar refractivity (Wildman–Crippen MR) is 77.0 cm³/mol. The molecule has 1 aromatic carbocycles. The molecule has 0 radical (unpaired) electrons. The van der Waals surface area contributed by atoms with Gasteiger partial charge < -0.3 is 10.1 Å². The van der Waals surface area contributed by atoms with E-state index < -0.39 is 0 Å². The number of aromatic nitrogens is 2. The first-order chi connectivity index (χ1) is 9.19. The van der Waals surface area contributed by atoms with Crippen LogP contribution >= 0.6 is 0 Å². The number of nitrogens with zero attached hydrogens (tertiary/aromatic N) is 2. The van der Waals surface area contributed by atoms with Crippen LogP contribution in [0.4, 0.5) is 0 Å². The van der Waals surface area contributed by atoms with E-state index in [2.05, 4.69) is 17.3 Å². The van der Waals surface area contributed by atoms with Crippen molar-refractivity contribution in [3.8, 4) is 11.4 Å². The Kier molecular flexibility index (Phi) is 4.22. The molecule has 1 N–H and O–H groups in total. The quantitative estimate of drug-likeness (QED) is 0.897. The molecular weight excluding hydrogens is 238 g/mol. The number of benzene rings is 1. The fourth-order valence-electron chi connectivity index (χ4n) is 2.25. The highest BCUT2D eigenvalue weighted by molar-refractivity contribution is 5.48. The summed E-state index contributed by atoms with van der Waals surface area (Å²) in [5.74, 6) is 0.867. The highest BCUT2D eigenvalue weighted by Gasteiger charge is 2.14. The first-order valence-corrected chi connectivity index (χ1v) is 6.61. The van der Waals surface area contributed by atoms with Crippen LogP contribution in [-0.4, -0.2) is 23.4 Å². The smallest absolute Gasteiger partial charge is 0.144 e. The Balaban J connectivity index is 2.50. The van der Waals surface area contributed by atoms with Gasteiger partial charge in [-0.25, -0.2) is 4.68 Å². The Hall–Kier alpha value is -1.81. The van der Waals surface area contributed by atoms with Crippen LogP contribution in [0.1, 0.15) is 23.9 Å². The van der Waals surface area contributed by atoms with E-state index in [0.717, 1.165) is 29.4 Å². The number of rotatable bonds is 5. The van der Waals surface area contributed by atoms with E-state index in [9.17, 15) is 0 Å². The topological polar surface area (TPSA) is 39.1 Å². The lowest BCUT2D eigenvalue weighted by molar-refractivity contribution is 0.338. The maximum Gasteiger partial charge on any atom is 0.144 e. The van der Waals surface area contributed by atoms with Crippen LogP contribution in [0.25, 0.3) is 5.69 Å². The monoisotopic (exact) mass is 259 g/mol. The molecule has 2 rings (SSSR count). The maximum atomic E-state index is 5.68. The van der Waals surface area contributed by atoms with Gasteiger partial charge in [0.2, 0.25) is 0 Å². The molecule has 1 aromatic heterocycles. The molecule has 4 heteroatoms. The minimum absolute atomic E-state index is 0.652. The zero-order chi connectivity index (χ0) is 13.8. The Labute approximate surface area is 114 Å². The third-order valence-electron chi connectivity index (χ3n) is 3.19. The van der Waals surface area contributed by atoms with Gasteiger partial charge in [-0.05, 0) is 40.0 Å². The molecule has 0 bridgehead atoms. The highest BCUT2D eigenvalue weighted by Crippen LogP contribution is 2.25. The fraction of sp³-hybridized carbons (Fsp3) is 0.400. The summed E-state index contributed by atoms with van der Waals surface area (Å²) in [7, 11) is 1.95. The van der Waals surface area contributed by atoms with Crippen molar-refractivity contribution in [3.05, 3.63) is 41.2 Å². The van der Waals surface area contributed by atoms with Gasteiger partial charge in [0, 0.05) is 17.8 Å². The van der Waals surface area contributed by atoms with Crippen LogP contribution in [-0.2, 0) is 6.54 Å². The van der Waals surface area contributed by atoms with E-state index >= 15 is 0 Å². The zero-order valence-electron chi connectivity index (χ0n) is 12.0. The molecule has 1 heterocycles. The average molecular weight is 259 g/mol. The highest BCUT2D eigenvalue weighted by atomic mass is 16.5. The second-order valence-electron chi connectivity index (χ2n) is 4.49. The van der Waals surface area contributed by atoms with Gasteiger partial charge in [-0.3, -0.25) is 0 Å². The normalized spacial score (nSPS) is 10.7. The Morgan fingerprint density at radius 3 is 2.68 bits per heavy atom. The number of hydrogen-bond acceptors (Lipinski definition) is 3. The summed E-state index contributed by atoms with van der Waals surface area (Å²) in [6.07, 6.45) is 0. The van der Waals surface area contributed by atoms with Crippen LogP contribution in [0.3, 0.4) is 0 Å². The second kappa shape index (κ2) is 5.89. The first kappa shape index (κ1) is 13.6. The Morgan fingerprint density at radius 2 is 2.00 bits per heavy atom. The molecule has 4 nitrogen and oxygen atoms in total. The number of ether oxygens (including phenoxy) is 1. The van der Waals surface area contributed by atoms with Crippen molar-refractivity contribution < 1.29 is 4.74 Å². The van der Waals surface area contributed by atoms with Crippen molar-refractivity contribution >= 4 is 0 Å². The SMILES string of the molecule is CCOc1ccccc1-n1nc(C)c(CNC)c1C. The molecule has 0 saturated carbocycles. The standard InChI is InChI=1S/C15H21N3O/c1-5-19-15-9-7-6-8-14(15)18-12(3)13(10-16-4)11(2)17-18/h6-9,16H,5,10H2,1-4H3. The van der Waals surface area contributed by atoms with E-state index in [1.54, 1.807) is 0 Å². The molecular formula is C15H21N3O. The van der Waals surface area contributed by atoms with Gasteiger partial charge in [0.1, 0.15) is 11.4 Å². The summed E-state index contributed by atoms with van der Waals surface area (Å²) >= 11 is 0. The van der Waals surface area contributed by atoms with Gasteiger partial charge in [0.25, 0.3) is 0 Å². The van der Waals surface area contributed by atoms with E-state index in [4.69, 9.17) is 4.74 Å². The molecule has 0 atom stereocenters. The van der Waals surface area contributed by atoms with Gasteiger partial charge >= 0.3 is 0 Å². The minimum atomic E-state index is 0.652. The third kappa shape index (κ3) is 2.63. The zero-order valence-corrected chi connectivity index (χ0v) is 12.0. The lowest BCUT2D eigenvalue weighted by Crippen LogP contribution is -2.08. The minimum Gasteiger partial charge on any atom is -0.492 e. The van der Waals surface area contributed by atoms with Crippen LogP contribution < -0.4 is 10.1 Å². The van der Waals surface area contributed by atoms with Crippen LogP contribution in [0.2, 0.25) is 0 Å². The van der Waals surface area contributed by atoms with E-state index in [1.165, 1.54) is 5.56 Å². The van der Waals surface area contributed by atoms with Gasteiger partial charge in [0.15, 0.2) is 0 Å². The number of aryl methyl sites for hydroxylation is 1. The van der Waals surface area contributed by atoms with Crippen molar-refractivity contribution in [3.63, 3.8) is 0 Å². The van der Waals surface area contributed by atoms with Gasteiger partial charge in [0.05, 0.1) is 12.3 Å². The van der Waals surface area contributed by atoms with Crippen LogP contribution in [0, 0.1) is 13.8 Å². The molecule has 0 aliphatic rings. The molecule has 0 spiro atoms. The summed E-state index contributed by atoms with van der Waals surface area (Å²) in [6.45, 7) is 7.60. The molecule has 102 valence electrons. The third-order valence-corrected chi connectivity index (χ3v) is 3.19. The lowest BCUT2D eigenvalue weighted by Gasteiger charge is -2.11. The number of para-hydroxylation sites is 2. The summed E-state index contributed by atoms with van der Waals surface area (Å²) in [6, 6.07) is 8.00. The first-order valence-electron chi connectivity index (χ1n) is 6.61. The van der Waals surface area contributed by atoms with Crippen molar-refractivity contribution in [2.75, 3.05) is 13.7 Å². The van der Waals surface area contributed by atoms with Gasteiger partial charge in [-0.1, -0.05) is 12.1 Å². The van der Waals surface area contributed by atoms with Gasteiger partial charge in [-0.2, -0.15) is 5.10 Å². The van der Waals surface area contributed by atoms with E-state index in [-0.39, 0.29) is 0 Å². The maximum absolute atomic E-state index is 5.68. The summed E-state index contributed by atoms with van der Waals surface area (Å²) in [5, 5.41) is 7.82. The molecule has 0 amide bonds. The van der Waals surface area contributed by atoms with E-state index in [0.29, 0.717) is 6.61 Å². The van der Waals surface area contributed by atoms with Crippen LogP contribution in [0.15, 0.2) is 24.3 Å².